The van der Waals surface area contributed by atoms with Crippen molar-refractivity contribution in [2.45, 2.75) is 38.4 Å². The van der Waals surface area contributed by atoms with E-state index in [2.05, 4.69) is 13.8 Å². The smallest absolute Gasteiger partial charge is 0.174 e. The molecule has 0 spiro atoms. The molecule has 4 nitrogen and oxygen atoms in total. The van der Waals surface area contributed by atoms with Crippen molar-refractivity contribution in [3.05, 3.63) is 53.1 Å². The van der Waals surface area contributed by atoms with Gasteiger partial charge in [-0.25, -0.2) is 0 Å². The molecule has 2 aromatic carbocycles. The monoisotopic (exact) mass is 336 g/mol. The van der Waals surface area contributed by atoms with Crippen LogP contribution >= 0.6 is 0 Å². The molecule has 1 saturated carbocycles. The fourth-order valence-corrected chi connectivity index (χ4v) is 4.35. The van der Waals surface area contributed by atoms with Crippen molar-refractivity contribution in [1.82, 2.24) is 0 Å². The summed E-state index contributed by atoms with van der Waals surface area (Å²) in [4.78, 5) is 12.9. The van der Waals surface area contributed by atoms with Crippen LogP contribution in [0.4, 0.5) is 0 Å². The van der Waals surface area contributed by atoms with Gasteiger partial charge in [0.1, 0.15) is 35.0 Å². The average Bonchev–Trinajstić information content (AvgIpc) is 2.96. The molecule has 1 aliphatic carbocycles. The van der Waals surface area contributed by atoms with Gasteiger partial charge in [-0.15, -0.1) is 0 Å². The minimum atomic E-state index is -0.265. The zero-order valence-corrected chi connectivity index (χ0v) is 14.5. The van der Waals surface area contributed by atoms with Crippen LogP contribution in [0.15, 0.2) is 36.4 Å². The molecule has 3 aliphatic rings. The lowest BCUT2D eigenvalue weighted by molar-refractivity contribution is 0.0841. The Bertz CT molecular complexity index is 885. The van der Waals surface area contributed by atoms with Crippen LogP contribution in [0.3, 0.4) is 0 Å². The number of rotatable bonds is 2. The van der Waals surface area contributed by atoms with Gasteiger partial charge in [-0.1, -0.05) is 44.2 Å². The standard InChI is InChI=1S/C21H20O4/c1-21(2)18-17-15(25-20(18)21)10-14(23-3)16-12(22)9-13(24-19(16)17)11-7-5-4-6-8-11/h4-8,10,13,18,20H,9H2,1-3H3/t13-,18-,20-/m1/s1. The summed E-state index contributed by atoms with van der Waals surface area (Å²) in [6.45, 7) is 4.39. The zero-order valence-electron chi connectivity index (χ0n) is 14.5. The number of carbonyl (C=O) groups excluding carboxylic acids is 1. The maximum atomic E-state index is 12.9. The van der Waals surface area contributed by atoms with Crippen LogP contribution in [-0.4, -0.2) is 19.0 Å². The highest BCUT2D eigenvalue weighted by molar-refractivity contribution is 6.03. The van der Waals surface area contributed by atoms with Gasteiger partial charge in [0, 0.05) is 23.0 Å². The van der Waals surface area contributed by atoms with Crippen molar-refractivity contribution in [3.63, 3.8) is 0 Å². The topological polar surface area (TPSA) is 44.8 Å². The molecular formula is C21H20O4. The third-order valence-corrected chi connectivity index (χ3v) is 5.84. The Kier molecular flexibility index (Phi) is 2.83. The number of hydrogen-bond donors (Lipinski definition) is 0. The minimum absolute atomic E-state index is 0.0664. The van der Waals surface area contributed by atoms with Gasteiger partial charge in [-0.2, -0.15) is 0 Å². The van der Waals surface area contributed by atoms with E-state index in [0.29, 0.717) is 23.5 Å². The highest BCUT2D eigenvalue weighted by Gasteiger charge is 2.67. The lowest BCUT2D eigenvalue weighted by atomic mass is 9.91. The number of hydrogen-bond acceptors (Lipinski definition) is 4. The van der Waals surface area contributed by atoms with Gasteiger partial charge in [0.25, 0.3) is 0 Å². The molecule has 0 N–H and O–H groups in total. The van der Waals surface area contributed by atoms with Crippen LogP contribution in [0, 0.1) is 5.41 Å². The summed E-state index contributed by atoms with van der Waals surface area (Å²) in [5.41, 5.74) is 2.71. The molecule has 5 rings (SSSR count). The van der Waals surface area contributed by atoms with Gasteiger partial charge in [0.05, 0.1) is 13.5 Å². The molecule has 1 fully saturated rings. The molecule has 128 valence electrons. The van der Waals surface area contributed by atoms with E-state index >= 15 is 0 Å². The molecule has 0 saturated heterocycles. The van der Waals surface area contributed by atoms with Crippen molar-refractivity contribution in [2.75, 3.05) is 7.11 Å². The zero-order chi connectivity index (χ0) is 17.3. The van der Waals surface area contributed by atoms with E-state index in [9.17, 15) is 4.79 Å². The molecule has 0 amide bonds. The third kappa shape index (κ3) is 1.91. The van der Waals surface area contributed by atoms with Crippen LogP contribution in [0.25, 0.3) is 0 Å². The molecule has 2 heterocycles. The van der Waals surface area contributed by atoms with Crippen LogP contribution in [0.2, 0.25) is 0 Å². The van der Waals surface area contributed by atoms with Crippen molar-refractivity contribution < 1.29 is 19.0 Å². The first-order valence-electron chi connectivity index (χ1n) is 8.68. The molecule has 2 aromatic rings. The van der Waals surface area contributed by atoms with E-state index in [4.69, 9.17) is 14.2 Å². The van der Waals surface area contributed by atoms with Crippen molar-refractivity contribution in [3.8, 4) is 17.2 Å². The molecule has 0 bridgehead atoms. The largest absolute Gasteiger partial charge is 0.496 e. The van der Waals surface area contributed by atoms with E-state index < -0.39 is 0 Å². The molecule has 2 aliphatic heterocycles. The third-order valence-electron chi connectivity index (χ3n) is 5.84. The number of carbonyl (C=O) groups is 1. The second kappa shape index (κ2) is 4.78. The second-order valence-corrected chi connectivity index (χ2v) is 7.68. The van der Waals surface area contributed by atoms with Gasteiger partial charge >= 0.3 is 0 Å². The van der Waals surface area contributed by atoms with Crippen molar-refractivity contribution in [2.24, 2.45) is 5.41 Å². The predicted octanol–water partition coefficient (Wildman–Crippen LogP) is 4.29. The van der Waals surface area contributed by atoms with E-state index in [-0.39, 0.29) is 29.3 Å². The molecule has 4 heteroatoms. The number of Topliss-reactive ketones (excluding diaryl/α,β-unsaturated/α-hetero) is 1. The van der Waals surface area contributed by atoms with Gasteiger partial charge in [0.15, 0.2) is 5.78 Å². The number of methoxy groups -OCH3 is 1. The summed E-state index contributed by atoms with van der Waals surface area (Å²) < 4.78 is 18.0. The summed E-state index contributed by atoms with van der Waals surface area (Å²) in [6, 6.07) is 11.8. The summed E-state index contributed by atoms with van der Waals surface area (Å²) in [6.07, 6.45) is 0.220. The Morgan fingerprint density at radius 3 is 2.64 bits per heavy atom. The van der Waals surface area contributed by atoms with Crippen molar-refractivity contribution in [1.29, 1.82) is 0 Å². The van der Waals surface area contributed by atoms with E-state index in [1.54, 1.807) is 7.11 Å². The number of ketones is 1. The van der Waals surface area contributed by atoms with Crippen molar-refractivity contribution >= 4 is 5.78 Å². The van der Waals surface area contributed by atoms with E-state index in [1.165, 1.54) is 0 Å². The molecule has 0 aromatic heterocycles. The van der Waals surface area contributed by atoms with E-state index in [1.807, 2.05) is 36.4 Å². The number of benzene rings is 2. The lowest BCUT2D eigenvalue weighted by Crippen LogP contribution is -2.22. The average molecular weight is 336 g/mol. The SMILES string of the molecule is COc1cc2c(c3c1C(=O)C[C@H](c1ccccc1)O3)[C@@H]1[C@@H](O2)C1(C)C. The fourth-order valence-electron chi connectivity index (χ4n) is 4.35. The Labute approximate surface area is 146 Å². The first kappa shape index (κ1) is 14.8. The highest BCUT2D eigenvalue weighted by Crippen LogP contribution is 2.70. The predicted molar refractivity (Wildman–Crippen MR) is 92.7 cm³/mol. The highest BCUT2D eigenvalue weighted by atomic mass is 16.5. The summed E-state index contributed by atoms with van der Waals surface area (Å²) in [5, 5.41) is 0. The van der Waals surface area contributed by atoms with E-state index in [0.717, 1.165) is 16.9 Å². The second-order valence-electron chi connectivity index (χ2n) is 7.68. The maximum absolute atomic E-state index is 12.9. The Morgan fingerprint density at radius 1 is 1.16 bits per heavy atom. The first-order valence-corrected chi connectivity index (χ1v) is 8.68. The Morgan fingerprint density at radius 2 is 1.92 bits per heavy atom. The van der Waals surface area contributed by atoms with Crippen LogP contribution in [0.1, 0.15) is 53.8 Å². The van der Waals surface area contributed by atoms with Crippen LogP contribution in [0.5, 0.6) is 17.2 Å². The quantitative estimate of drug-likeness (QED) is 0.821. The maximum Gasteiger partial charge on any atom is 0.174 e. The summed E-state index contributed by atoms with van der Waals surface area (Å²) in [7, 11) is 1.58. The number of ether oxygens (including phenoxy) is 3. The summed E-state index contributed by atoms with van der Waals surface area (Å²) >= 11 is 0. The molecular weight excluding hydrogens is 316 g/mol. The van der Waals surface area contributed by atoms with Gasteiger partial charge in [0.2, 0.25) is 0 Å². The number of fused-ring (bicyclic) bond motifs is 5. The van der Waals surface area contributed by atoms with Gasteiger partial charge < -0.3 is 14.2 Å². The minimum Gasteiger partial charge on any atom is -0.496 e. The first-order chi connectivity index (χ1) is 12.0. The Balaban J connectivity index is 1.66. The summed E-state index contributed by atoms with van der Waals surface area (Å²) in [5.74, 6) is 2.36. The Hall–Kier alpha value is -2.49. The normalized spacial score (nSPS) is 27.5. The van der Waals surface area contributed by atoms with Gasteiger partial charge in [-0.3, -0.25) is 4.79 Å². The lowest BCUT2D eigenvalue weighted by Gasteiger charge is -2.29. The molecule has 0 unspecified atom stereocenters. The molecule has 25 heavy (non-hydrogen) atoms. The molecule has 3 atom stereocenters. The van der Waals surface area contributed by atoms with Gasteiger partial charge in [-0.05, 0) is 5.56 Å². The fraction of sp³-hybridized carbons (Fsp3) is 0.381. The van der Waals surface area contributed by atoms with Crippen LogP contribution < -0.4 is 14.2 Å². The van der Waals surface area contributed by atoms with Crippen LogP contribution in [-0.2, 0) is 0 Å². The molecule has 0 radical (unpaired) electrons.